The number of hydrogen-bond acceptors (Lipinski definition) is 5. The van der Waals surface area contributed by atoms with Gasteiger partial charge in [0, 0.05) is 18.8 Å². The van der Waals surface area contributed by atoms with Crippen LogP contribution in [-0.4, -0.2) is 52.5 Å². The zero-order valence-corrected chi connectivity index (χ0v) is 16.3. The standard InChI is InChI=1S/C19H19ClN4O4/c1-23(2)10-14-17(22-16-6-4-5-7-24(14)16)18(25)21-13-9-15(28-3)11(19(26)27)8-12(13)20/h4-9H,10H2,1-3H3,(H,21,25)(H,26,27). The molecule has 2 N–H and O–H groups in total. The van der Waals surface area contributed by atoms with E-state index < -0.39 is 11.9 Å². The Morgan fingerprint density at radius 1 is 1.32 bits per heavy atom. The molecule has 0 radical (unpaired) electrons. The van der Waals surface area contributed by atoms with E-state index in [2.05, 4.69) is 10.3 Å². The minimum Gasteiger partial charge on any atom is -0.496 e. The maximum absolute atomic E-state index is 12.9. The predicted octanol–water partition coefficient (Wildman–Crippen LogP) is 3.01. The van der Waals surface area contributed by atoms with Crippen molar-refractivity contribution in [2.24, 2.45) is 0 Å². The minimum atomic E-state index is -1.18. The normalized spacial score (nSPS) is 11.0. The predicted molar refractivity (Wildman–Crippen MR) is 105 cm³/mol. The number of amides is 1. The number of carbonyl (C=O) groups excluding carboxylic acids is 1. The van der Waals surface area contributed by atoms with Crippen molar-refractivity contribution in [1.29, 1.82) is 0 Å². The number of imidazole rings is 1. The monoisotopic (exact) mass is 402 g/mol. The summed E-state index contributed by atoms with van der Waals surface area (Å²) in [5.41, 5.74) is 1.78. The summed E-state index contributed by atoms with van der Waals surface area (Å²) in [5, 5.41) is 12.0. The van der Waals surface area contributed by atoms with Crippen molar-refractivity contribution < 1.29 is 19.4 Å². The lowest BCUT2D eigenvalue weighted by Gasteiger charge is -2.13. The topological polar surface area (TPSA) is 96.2 Å². The molecular weight excluding hydrogens is 384 g/mol. The number of aromatic nitrogens is 2. The molecular formula is C19H19ClN4O4. The number of pyridine rings is 1. The molecule has 1 amide bonds. The number of rotatable bonds is 6. The summed E-state index contributed by atoms with van der Waals surface area (Å²) < 4.78 is 6.95. The van der Waals surface area contributed by atoms with E-state index in [9.17, 15) is 14.7 Å². The van der Waals surface area contributed by atoms with Gasteiger partial charge in [-0.1, -0.05) is 17.7 Å². The maximum Gasteiger partial charge on any atom is 0.339 e. The molecule has 0 saturated heterocycles. The zero-order chi connectivity index (χ0) is 20.4. The molecule has 0 atom stereocenters. The van der Waals surface area contributed by atoms with Crippen LogP contribution in [0.3, 0.4) is 0 Å². The van der Waals surface area contributed by atoms with Crippen LogP contribution in [0.25, 0.3) is 5.65 Å². The van der Waals surface area contributed by atoms with E-state index >= 15 is 0 Å². The lowest BCUT2D eigenvalue weighted by atomic mass is 10.1. The Kier molecular flexibility index (Phi) is 5.53. The Labute approximate surface area is 166 Å². The van der Waals surface area contributed by atoms with E-state index in [1.165, 1.54) is 19.2 Å². The molecule has 9 heteroatoms. The molecule has 3 rings (SSSR count). The Hall–Kier alpha value is -3.10. The highest BCUT2D eigenvalue weighted by Gasteiger charge is 2.22. The Bertz CT molecular complexity index is 1060. The zero-order valence-electron chi connectivity index (χ0n) is 15.6. The van der Waals surface area contributed by atoms with Gasteiger partial charge in [0.25, 0.3) is 5.91 Å². The number of halogens is 1. The van der Waals surface area contributed by atoms with Crippen molar-refractivity contribution >= 4 is 34.8 Å². The van der Waals surface area contributed by atoms with E-state index in [-0.39, 0.29) is 27.7 Å². The van der Waals surface area contributed by atoms with E-state index in [0.29, 0.717) is 12.2 Å². The Morgan fingerprint density at radius 2 is 2.07 bits per heavy atom. The average Bonchev–Trinajstić information content (AvgIpc) is 3.01. The first-order chi connectivity index (χ1) is 13.3. The number of carbonyl (C=O) groups is 2. The van der Waals surface area contributed by atoms with E-state index in [4.69, 9.17) is 16.3 Å². The van der Waals surface area contributed by atoms with Gasteiger partial charge in [-0.2, -0.15) is 0 Å². The van der Waals surface area contributed by atoms with Crippen molar-refractivity contribution in [2.45, 2.75) is 6.54 Å². The molecule has 2 aromatic heterocycles. The molecule has 0 spiro atoms. The molecule has 0 aliphatic carbocycles. The van der Waals surface area contributed by atoms with Gasteiger partial charge >= 0.3 is 5.97 Å². The third-order valence-electron chi connectivity index (χ3n) is 4.08. The van der Waals surface area contributed by atoms with Gasteiger partial charge in [-0.3, -0.25) is 4.79 Å². The largest absolute Gasteiger partial charge is 0.496 e. The molecule has 0 aliphatic heterocycles. The summed E-state index contributed by atoms with van der Waals surface area (Å²) in [6.07, 6.45) is 1.84. The van der Waals surface area contributed by atoms with Crippen LogP contribution < -0.4 is 10.1 Å². The first-order valence-electron chi connectivity index (χ1n) is 8.34. The number of carboxylic acid groups (broad SMARTS) is 1. The third kappa shape index (κ3) is 3.78. The molecule has 0 saturated carbocycles. The van der Waals surface area contributed by atoms with Gasteiger partial charge in [-0.05, 0) is 32.3 Å². The van der Waals surface area contributed by atoms with Crippen LogP contribution in [0.5, 0.6) is 5.75 Å². The van der Waals surface area contributed by atoms with E-state index in [0.717, 1.165) is 5.69 Å². The van der Waals surface area contributed by atoms with Gasteiger partial charge in [0.15, 0.2) is 5.69 Å². The molecule has 3 aromatic rings. The Morgan fingerprint density at radius 3 is 2.71 bits per heavy atom. The summed E-state index contributed by atoms with van der Waals surface area (Å²) in [6.45, 7) is 0.503. The lowest BCUT2D eigenvalue weighted by Crippen LogP contribution is -2.19. The second-order valence-corrected chi connectivity index (χ2v) is 6.77. The van der Waals surface area contributed by atoms with E-state index in [1.807, 2.05) is 47.8 Å². The summed E-state index contributed by atoms with van der Waals surface area (Å²) in [5.74, 6) is -1.53. The fraction of sp³-hybridized carbons (Fsp3) is 0.211. The van der Waals surface area contributed by atoms with Crippen LogP contribution in [0.4, 0.5) is 5.69 Å². The number of ether oxygens (including phenoxy) is 1. The highest BCUT2D eigenvalue weighted by atomic mass is 35.5. The highest BCUT2D eigenvalue weighted by molar-refractivity contribution is 6.34. The number of nitrogens with one attached hydrogen (secondary N) is 1. The number of fused-ring (bicyclic) bond motifs is 1. The summed E-state index contributed by atoms with van der Waals surface area (Å²) >= 11 is 6.17. The molecule has 0 aliphatic rings. The lowest BCUT2D eigenvalue weighted by molar-refractivity contribution is 0.0693. The molecule has 146 valence electrons. The van der Waals surface area contributed by atoms with Crippen molar-refractivity contribution in [3.8, 4) is 5.75 Å². The quantitative estimate of drug-likeness (QED) is 0.658. The SMILES string of the molecule is COc1cc(NC(=O)c2nc3ccccn3c2CN(C)C)c(Cl)cc1C(=O)O. The van der Waals surface area contributed by atoms with Crippen molar-refractivity contribution in [2.75, 3.05) is 26.5 Å². The van der Waals surface area contributed by atoms with Crippen LogP contribution in [-0.2, 0) is 6.54 Å². The minimum absolute atomic E-state index is 0.0875. The first kappa shape index (κ1) is 19.7. The fourth-order valence-corrected chi connectivity index (χ4v) is 3.06. The van der Waals surface area contributed by atoms with Crippen LogP contribution in [0, 0.1) is 0 Å². The van der Waals surface area contributed by atoms with Gasteiger partial charge < -0.3 is 24.5 Å². The maximum atomic E-state index is 12.9. The number of nitrogens with zero attached hydrogens (tertiary/aromatic N) is 3. The van der Waals surface area contributed by atoms with Crippen LogP contribution in [0.1, 0.15) is 26.5 Å². The molecule has 8 nitrogen and oxygen atoms in total. The average molecular weight is 403 g/mol. The number of aromatic carboxylic acids is 1. The Balaban J connectivity index is 2.01. The molecule has 0 unspecified atom stereocenters. The number of benzene rings is 1. The van der Waals surface area contributed by atoms with Crippen LogP contribution in [0.15, 0.2) is 36.5 Å². The van der Waals surface area contributed by atoms with Crippen LogP contribution >= 0.6 is 11.6 Å². The van der Waals surface area contributed by atoms with Crippen molar-refractivity contribution in [3.05, 3.63) is 58.5 Å². The molecule has 1 aromatic carbocycles. The highest BCUT2D eigenvalue weighted by Crippen LogP contribution is 2.31. The van der Waals surface area contributed by atoms with Gasteiger partial charge in [0.1, 0.15) is 17.0 Å². The molecule has 0 fully saturated rings. The van der Waals surface area contributed by atoms with Crippen molar-refractivity contribution in [3.63, 3.8) is 0 Å². The molecule has 2 heterocycles. The number of methoxy groups -OCH3 is 1. The smallest absolute Gasteiger partial charge is 0.339 e. The summed E-state index contributed by atoms with van der Waals surface area (Å²) in [4.78, 5) is 30.6. The van der Waals surface area contributed by atoms with Gasteiger partial charge in [0.2, 0.25) is 0 Å². The second-order valence-electron chi connectivity index (χ2n) is 6.37. The fourth-order valence-electron chi connectivity index (χ4n) is 2.85. The van der Waals surface area contributed by atoms with E-state index in [1.54, 1.807) is 0 Å². The van der Waals surface area contributed by atoms with Crippen molar-refractivity contribution in [1.82, 2.24) is 14.3 Å². The summed E-state index contributed by atoms with van der Waals surface area (Å²) in [6, 6.07) is 8.14. The summed E-state index contributed by atoms with van der Waals surface area (Å²) in [7, 11) is 5.14. The van der Waals surface area contributed by atoms with Gasteiger partial charge in [0.05, 0.1) is 23.5 Å². The number of carboxylic acids is 1. The number of hydrogen-bond donors (Lipinski definition) is 2. The van der Waals surface area contributed by atoms with Gasteiger partial charge in [-0.25, -0.2) is 9.78 Å². The third-order valence-corrected chi connectivity index (χ3v) is 4.39. The van der Waals surface area contributed by atoms with Crippen LogP contribution in [0.2, 0.25) is 5.02 Å². The number of anilines is 1. The molecule has 28 heavy (non-hydrogen) atoms. The second kappa shape index (κ2) is 7.87. The first-order valence-corrected chi connectivity index (χ1v) is 8.72. The van der Waals surface area contributed by atoms with Gasteiger partial charge in [-0.15, -0.1) is 0 Å². The molecule has 0 bridgehead atoms.